The number of fused-ring (bicyclic) bond motifs is 1. The number of rotatable bonds is 4. The van der Waals surface area contributed by atoms with Crippen molar-refractivity contribution in [1.29, 1.82) is 0 Å². The number of thioether (sulfide) groups is 1. The number of halogens is 1. The monoisotopic (exact) mass is 333 g/mol. The molecule has 8 heteroatoms. The third-order valence-corrected chi connectivity index (χ3v) is 4.03. The van der Waals surface area contributed by atoms with Gasteiger partial charge in [0.1, 0.15) is 0 Å². The zero-order chi connectivity index (χ0) is 15.5. The van der Waals surface area contributed by atoms with Crippen LogP contribution in [0.4, 0.5) is 5.69 Å². The van der Waals surface area contributed by atoms with Crippen LogP contribution in [0.2, 0.25) is 5.02 Å². The van der Waals surface area contributed by atoms with Crippen LogP contribution in [0.3, 0.4) is 0 Å². The molecule has 112 valence electrons. The van der Waals surface area contributed by atoms with E-state index in [0.717, 1.165) is 0 Å². The number of carbonyl (C=O) groups is 1. The van der Waals surface area contributed by atoms with Gasteiger partial charge in [0.2, 0.25) is 11.1 Å². The highest BCUT2D eigenvalue weighted by Crippen LogP contribution is 2.22. The molecule has 0 bridgehead atoms. The van der Waals surface area contributed by atoms with E-state index in [1.807, 2.05) is 0 Å². The summed E-state index contributed by atoms with van der Waals surface area (Å²) in [6.07, 6.45) is 3.41. The number of aromatic nitrogens is 4. The third kappa shape index (κ3) is 3.37. The molecule has 0 saturated carbocycles. The van der Waals surface area contributed by atoms with Crippen LogP contribution in [0.25, 0.3) is 5.78 Å². The molecule has 0 radical (unpaired) electrons. The van der Waals surface area contributed by atoms with Crippen molar-refractivity contribution in [3.8, 4) is 0 Å². The molecule has 1 N–H and O–H groups in total. The van der Waals surface area contributed by atoms with E-state index in [2.05, 4.69) is 20.4 Å². The van der Waals surface area contributed by atoms with Gasteiger partial charge in [-0.25, -0.2) is 9.50 Å². The van der Waals surface area contributed by atoms with Gasteiger partial charge in [-0.3, -0.25) is 4.79 Å². The quantitative estimate of drug-likeness (QED) is 0.743. The van der Waals surface area contributed by atoms with Crippen LogP contribution >= 0.6 is 23.4 Å². The van der Waals surface area contributed by atoms with Gasteiger partial charge >= 0.3 is 0 Å². The smallest absolute Gasteiger partial charge is 0.253 e. The number of nitrogens with zero attached hydrogens (tertiary/aromatic N) is 4. The summed E-state index contributed by atoms with van der Waals surface area (Å²) in [5, 5.41) is 7.81. The SMILES string of the molecule is CC(Sc1nc2ncccn2n1)C(=O)Nc1cccc(Cl)c1. The van der Waals surface area contributed by atoms with Crippen LogP contribution < -0.4 is 5.32 Å². The van der Waals surface area contributed by atoms with E-state index >= 15 is 0 Å². The minimum atomic E-state index is -0.351. The third-order valence-electron chi connectivity index (χ3n) is 2.84. The van der Waals surface area contributed by atoms with Crippen LogP contribution in [0.1, 0.15) is 6.92 Å². The van der Waals surface area contributed by atoms with Crippen LogP contribution in [-0.2, 0) is 4.79 Å². The summed E-state index contributed by atoms with van der Waals surface area (Å²) < 4.78 is 1.57. The van der Waals surface area contributed by atoms with Gasteiger partial charge in [0, 0.05) is 23.1 Å². The number of hydrogen-bond donors (Lipinski definition) is 1. The molecule has 1 amide bonds. The van der Waals surface area contributed by atoms with Gasteiger partial charge in [0.05, 0.1) is 5.25 Å². The van der Waals surface area contributed by atoms with Gasteiger partial charge in [-0.1, -0.05) is 29.4 Å². The molecular formula is C14H12ClN5OS. The van der Waals surface area contributed by atoms with Crippen molar-refractivity contribution >= 4 is 40.7 Å². The predicted molar refractivity (Wildman–Crippen MR) is 86.2 cm³/mol. The first kappa shape index (κ1) is 14.8. The molecule has 3 aromatic rings. The van der Waals surface area contributed by atoms with Crippen molar-refractivity contribution in [3.05, 3.63) is 47.7 Å². The maximum absolute atomic E-state index is 12.2. The Morgan fingerprint density at radius 2 is 2.27 bits per heavy atom. The molecule has 22 heavy (non-hydrogen) atoms. The number of carbonyl (C=O) groups excluding carboxylic acids is 1. The predicted octanol–water partition coefficient (Wildman–Crippen LogP) is 2.90. The highest BCUT2D eigenvalue weighted by molar-refractivity contribution is 8.00. The lowest BCUT2D eigenvalue weighted by atomic mass is 10.3. The molecule has 1 atom stereocenters. The standard InChI is InChI=1S/C14H12ClN5OS/c1-9(12(21)17-11-5-2-4-10(15)8-11)22-14-18-13-16-6-3-7-20(13)19-14/h2-9H,1H3,(H,17,21). The normalized spacial score (nSPS) is 12.3. The van der Waals surface area contributed by atoms with Crippen LogP contribution in [0, 0.1) is 0 Å². The molecule has 2 heterocycles. The molecular weight excluding hydrogens is 322 g/mol. The van der Waals surface area contributed by atoms with Gasteiger partial charge < -0.3 is 5.32 Å². The average molecular weight is 334 g/mol. The number of nitrogens with one attached hydrogen (secondary N) is 1. The lowest BCUT2D eigenvalue weighted by Crippen LogP contribution is -2.22. The number of benzene rings is 1. The molecule has 1 aromatic carbocycles. The Morgan fingerprint density at radius 1 is 1.41 bits per heavy atom. The van der Waals surface area contributed by atoms with Gasteiger partial charge in [-0.2, -0.15) is 4.98 Å². The number of amides is 1. The first-order valence-corrected chi connectivity index (χ1v) is 7.78. The summed E-state index contributed by atoms with van der Waals surface area (Å²) in [4.78, 5) is 20.5. The Bertz CT molecular complexity index is 789. The molecule has 1 unspecified atom stereocenters. The molecule has 0 aliphatic carbocycles. The van der Waals surface area contributed by atoms with E-state index < -0.39 is 0 Å². The van der Waals surface area contributed by atoms with Crippen molar-refractivity contribution in [2.75, 3.05) is 5.32 Å². The van der Waals surface area contributed by atoms with Gasteiger partial charge in [0.25, 0.3) is 5.78 Å². The fourth-order valence-corrected chi connectivity index (χ4v) is 2.73. The van der Waals surface area contributed by atoms with Crippen molar-refractivity contribution < 1.29 is 4.79 Å². The van der Waals surface area contributed by atoms with Gasteiger partial charge in [-0.15, -0.1) is 5.10 Å². The number of hydrogen-bond acceptors (Lipinski definition) is 5. The largest absolute Gasteiger partial charge is 0.325 e. The van der Waals surface area contributed by atoms with E-state index in [1.165, 1.54) is 11.8 Å². The maximum Gasteiger partial charge on any atom is 0.253 e. The zero-order valence-electron chi connectivity index (χ0n) is 11.6. The Balaban J connectivity index is 1.68. The van der Waals surface area contributed by atoms with Crippen molar-refractivity contribution in [3.63, 3.8) is 0 Å². The van der Waals surface area contributed by atoms with Gasteiger partial charge in [-0.05, 0) is 31.2 Å². The lowest BCUT2D eigenvalue weighted by molar-refractivity contribution is -0.115. The Labute approximate surface area is 135 Å². The van der Waals surface area contributed by atoms with Crippen LogP contribution in [-0.4, -0.2) is 30.7 Å². The fraction of sp³-hybridized carbons (Fsp3) is 0.143. The second-order valence-electron chi connectivity index (χ2n) is 4.52. The summed E-state index contributed by atoms with van der Waals surface area (Å²) in [6.45, 7) is 1.80. The molecule has 0 aliphatic rings. The average Bonchev–Trinajstić information content (AvgIpc) is 2.89. The van der Waals surface area contributed by atoms with Crippen LogP contribution in [0.5, 0.6) is 0 Å². The number of anilines is 1. The Hall–Kier alpha value is -2.12. The molecule has 0 aliphatic heterocycles. The summed E-state index contributed by atoms with van der Waals surface area (Å²) in [7, 11) is 0. The molecule has 3 rings (SSSR count). The first-order chi connectivity index (χ1) is 10.6. The van der Waals surface area contributed by atoms with E-state index in [0.29, 0.717) is 21.6 Å². The maximum atomic E-state index is 12.2. The fourth-order valence-electron chi connectivity index (χ4n) is 1.79. The van der Waals surface area contributed by atoms with Crippen molar-refractivity contribution in [2.24, 2.45) is 0 Å². The van der Waals surface area contributed by atoms with Gasteiger partial charge in [0.15, 0.2) is 0 Å². The van der Waals surface area contributed by atoms with Crippen molar-refractivity contribution in [1.82, 2.24) is 19.6 Å². The summed E-state index contributed by atoms with van der Waals surface area (Å²) >= 11 is 7.17. The molecule has 6 nitrogen and oxygen atoms in total. The van der Waals surface area contributed by atoms with E-state index in [1.54, 1.807) is 54.2 Å². The molecule has 0 saturated heterocycles. The zero-order valence-corrected chi connectivity index (χ0v) is 13.2. The van der Waals surface area contributed by atoms with Crippen molar-refractivity contribution in [2.45, 2.75) is 17.3 Å². The summed E-state index contributed by atoms with van der Waals surface area (Å²) in [6, 6.07) is 8.79. The van der Waals surface area contributed by atoms with E-state index in [9.17, 15) is 4.79 Å². The van der Waals surface area contributed by atoms with E-state index in [-0.39, 0.29) is 11.2 Å². The van der Waals surface area contributed by atoms with E-state index in [4.69, 9.17) is 11.6 Å². The molecule has 0 spiro atoms. The lowest BCUT2D eigenvalue weighted by Gasteiger charge is -2.10. The Kier molecular flexibility index (Phi) is 4.26. The summed E-state index contributed by atoms with van der Waals surface area (Å²) in [5.41, 5.74) is 0.662. The topological polar surface area (TPSA) is 72.2 Å². The Morgan fingerprint density at radius 3 is 3.05 bits per heavy atom. The highest BCUT2D eigenvalue weighted by atomic mass is 35.5. The summed E-state index contributed by atoms with van der Waals surface area (Å²) in [5.74, 6) is 0.367. The second kappa shape index (κ2) is 6.33. The molecule has 0 fully saturated rings. The minimum absolute atomic E-state index is 0.140. The second-order valence-corrected chi connectivity index (χ2v) is 6.26. The minimum Gasteiger partial charge on any atom is -0.325 e. The van der Waals surface area contributed by atoms with Crippen LogP contribution in [0.15, 0.2) is 47.9 Å². The highest BCUT2D eigenvalue weighted by Gasteiger charge is 2.17. The first-order valence-electron chi connectivity index (χ1n) is 6.52. The molecule has 2 aromatic heterocycles.